The molecule has 3 nitrogen and oxygen atoms in total. The topological polar surface area (TPSA) is 39.2 Å². The number of rotatable bonds is 3. The van der Waals surface area contributed by atoms with Crippen LogP contribution in [0.25, 0.3) is 0 Å². The Bertz CT molecular complexity index is 412. The van der Waals surface area contributed by atoms with Gasteiger partial charge in [0.05, 0.1) is 17.2 Å². The maximum absolute atomic E-state index is 12.8. The molecule has 0 amide bonds. The quantitative estimate of drug-likeness (QED) is 0.614. The van der Waals surface area contributed by atoms with Crippen LogP contribution in [-0.2, 0) is 4.74 Å². The third-order valence-electron chi connectivity index (χ3n) is 1.66. The molecule has 16 heavy (non-hydrogen) atoms. The summed E-state index contributed by atoms with van der Waals surface area (Å²) < 4.78 is 42.4. The molecule has 88 valence electrons. The summed E-state index contributed by atoms with van der Waals surface area (Å²) in [4.78, 5) is 14.3. The summed E-state index contributed by atoms with van der Waals surface area (Å²) in [5.74, 6) is -2.24. The van der Waals surface area contributed by atoms with E-state index in [1.807, 2.05) is 0 Å². The lowest BCUT2D eigenvalue weighted by molar-refractivity contribution is 0.0506. The van der Waals surface area contributed by atoms with Gasteiger partial charge in [-0.05, 0) is 6.92 Å². The van der Waals surface area contributed by atoms with Gasteiger partial charge in [-0.15, -0.1) is 0 Å². The number of nitrogens with zero attached hydrogens (tertiary/aromatic N) is 1. The van der Waals surface area contributed by atoms with Gasteiger partial charge in [0.15, 0.2) is 5.69 Å². The molecule has 1 rings (SSSR count). The van der Waals surface area contributed by atoms with Crippen LogP contribution in [0.4, 0.5) is 13.2 Å². The van der Waals surface area contributed by atoms with E-state index >= 15 is 0 Å². The Morgan fingerprint density at radius 3 is 2.75 bits per heavy atom. The Hall–Kier alpha value is -1.30. The van der Waals surface area contributed by atoms with Crippen molar-refractivity contribution in [1.82, 2.24) is 4.98 Å². The summed E-state index contributed by atoms with van der Waals surface area (Å²) >= 11 is 5.41. The Labute approximate surface area is 94.2 Å². The van der Waals surface area contributed by atoms with Crippen molar-refractivity contribution in [3.8, 4) is 0 Å². The van der Waals surface area contributed by atoms with Crippen LogP contribution in [-0.4, -0.2) is 17.6 Å². The van der Waals surface area contributed by atoms with Crippen LogP contribution in [0.15, 0.2) is 6.07 Å². The number of alkyl halides is 2. The van der Waals surface area contributed by atoms with Gasteiger partial charge in [0.1, 0.15) is 0 Å². The molecule has 0 bridgehead atoms. The number of hydrogen-bond donors (Lipinski definition) is 0. The summed E-state index contributed by atoms with van der Waals surface area (Å²) in [6.45, 7) is 1.46. The highest BCUT2D eigenvalue weighted by Gasteiger charge is 2.25. The first-order valence-electron chi connectivity index (χ1n) is 4.28. The van der Waals surface area contributed by atoms with Gasteiger partial charge in [-0.25, -0.2) is 18.6 Å². The van der Waals surface area contributed by atoms with Crippen molar-refractivity contribution >= 4 is 17.6 Å². The van der Waals surface area contributed by atoms with Gasteiger partial charge < -0.3 is 4.74 Å². The maximum Gasteiger partial charge on any atom is 0.357 e. The van der Waals surface area contributed by atoms with E-state index in [1.165, 1.54) is 6.92 Å². The van der Waals surface area contributed by atoms with Crippen LogP contribution in [0.2, 0.25) is 5.02 Å². The van der Waals surface area contributed by atoms with E-state index in [2.05, 4.69) is 9.72 Å². The molecule has 1 aromatic rings. The molecule has 0 spiro atoms. The first kappa shape index (κ1) is 12.8. The number of hydrogen-bond acceptors (Lipinski definition) is 3. The third-order valence-corrected chi connectivity index (χ3v) is 1.98. The summed E-state index contributed by atoms with van der Waals surface area (Å²) in [7, 11) is 0. The minimum Gasteiger partial charge on any atom is -0.461 e. The number of carbonyl (C=O) groups excluding carboxylic acids is 1. The van der Waals surface area contributed by atoms with Crippen molar-refractivity contribution in [2.75, 3.05) is 6.61 Å². The number of aromatic nitrogens is 1. The lowest BCUT2D eigenvalue weighted by atomic mass is 10.2. The third kappa shape index (κ3) is 2.63. The van der Waals surface area contributed by atoms with E-state index in [0.29, 0.717) is 6.07 Å². The van der Waals surface area contributed by atoms with Crippen LogP contribution in [0.3, 0.4) is 0 Å². The Morgan fingerprint density at radius 2 is 2.25 bits per heavy atom. The van der Waals surface area contributed by atoms with Crippen LogP contribution >= 0.6 is 11.6 Å². The average molecular weight is 254 g/mol. The zero-order chi connectivity index (χ0) is 12.3. The molecule has 1 heterocycles. The van der Waals surface area contributed by atoms with Gasteiger partial charge in [0, 0.05) is 6.07 Å². The van der Waals surface area contributed by atoms with Crippen molar-refractivity contribution in [3.05, 3.63) is 28.3 Å². The molecular formula is C9H7ClF3NO2. The van der Waals surface area contributed by atoms with E-state index in [0.717, 1.165) is 0 Å². The van der Waals surface area contributed by atoms with Crippen molar-refractivity contribution < 1.29 is 22.7 Å². The molecule has 0 radical (unpaired) electrons. The molecule has 0 aromatic carbocycles. The number of carbonyl (C=O) groups is 1. The predicted octanol–water partition coefficient (Wildman–Crippen LogP) is 2.99. The van der Waals surface area contributed by atoms with Gasteiger partial charge >= 0.3 is 5.97 Å². The van der Waals surface area contributed by atoms with Crippen LogP contribution in [0, 0.1) is 5.95 Å². The fourth-order valence-corrected chi connectivity index (χ4v) is 1.32. The zero-order valence-corrected chi connectivity index (χ0v) is 8.89. The molecular weight excluding hydrogens is 247 g/mol. The van der Waals surface area contributed by atoms with Crippen molar-refractivity contribution in [3.63, 3.8) is 0 Å². The molecule has 0 fully saturated rings. The first-order valence-corrected chi connectivity index (χ1v) is 4.66. The lowest BCUT2D eigenvalue weighted by Crippen LogP contribution is -2.12. The summed E-state index contributed by atoms with van der Waals surface area (Å²) in [5, 5.41) is -0.550. The van der Waals surface area contributed by atoms with Gasteiger partial charge in [-0.1, -0.05) is 11.6 Å². The molecule has 7 heteroatoms. The van der Waals surface area contributed by atoms with E-state index < -0.39 is 34.6 Å². The molecule has 0 saturated carbocycles. The second-order valence-electron chi connectivity index (χ2n) is 2.71. The largest absolute Gasteiger partial charge is 0.461 e. The molecule has 0 N–H and O–H groups in total. The predicted molar refractivity (Wildman–Crippen MR) is 50.1 cm³/mol. The lowest BCUT2D eigenvalue weighted by Gasteiger charge is -2.08. The number of halogens is 4. The van der Waals surface area contributed by atoms with E-state index in [9.17, 15) is 18.0 Å². The van der Waals surface area contributed by atoms with Crippen molar-refractivity contribution in [1.29, 1.82) is 0 Å². The van der Waals surface area contributed by atoms with Gasteiger partial charge in [-0.2, -0.15) is 4.39 Å². The first-order chi connectivity index (χ1) is 7.47. The zero-order valence-electron chi connectivity index (χ0n) is 8.14. The molecule has 0 aliphatic rings. The highest BCUT2D eigenvalue weighted by atomic mass is 35.5. The maximum atomic E-state index is 12.8. The number of ether oxygens (including phenoxy) is 1. The fraction of sp³-hybridized carbons (Fsp3) is 0.333. The van der Waals surface area contributed by atoms with E-state index in [-0.39, 0.29) is 6.61 Å². The van der Waals surface area contributed by atoms with Crippen molar-refractivity contribution in [2.45, 2.75) is 13.3 Å². The normalized spacial score (nSPS) is 10.6. The van der Waals surface area contributed by atoms with Gasteiger partial charge in [0.25, 0.3) is 6.43 Å². The smallest absolute Gasteiger partial charge is 0.357 e. The highest BCUT2D eigenvalue weighted by Crippen LogP contribution is 2.30. The summed E-state index contributed by atoms with van der Waals surface area (Å²) in [5.41, 5.74) is -1.61. The van der Waals surface area contributed by atoms with Crippen molar-refractivity contribution in [2.24, 2.45) is 0 Å². The van der Waals surface area contributed by atoms with Crippen LogP contribution in [0.5, 0.6) is 0 Å². The van der Waals surface area contributed by atoms with Gasteiger partial charge in [-0.3, -0.25) is 0 Å². The van der Waals surface area contributed by atoms with Crippen LogP contribution < -0.4 is 0 Å². The second-order valence-corrected chi connectivity index (χ2v) is 3.12. The fourth-order valence-electron chi connectivity index (χ4n) is 1.06. The molecule has 0 unspecified atom stereocenters. The summed E-state index contributed by atoms with van der Waals surface area (Å²) in [6, 6.07) is 0.617. The van der Waals surface area contributed by atoms with Gasteiger partial charge in [0.2, 0.25) is 5.95 Å². The molecule has 0 aliphatic carbocycles. The van der Waals surface area contributed by atoms with E-state index in [1.54, 1.807) is 0 Å². The van der Waals surface area contributed by atoms with Crippen LogP contribution in [0.1, 0.15) is 29.4 Å². The number of esters is 1. The SMILES string of the molecule is CCOC(=O)c1nc(F)cc(Cl)c1C(F)F. The second kappa shape index (κ2) is 5.16. The Morgan fingerprint density at radius 1 is 1.62 bits per heavy atom. The minimum absolute atomic E-state index is 0.0304. The van der Waals surface area contributed by atoms with E-state index in [4.69, 9.17) is 11.6 Å². The molecule has 0 aliphatic heterocycles. The standard InChI is InChI=1S/C9H7ClF3NO2/c1-2-16-9(15)7-6(8(12)13)4(10)3-5(11)14-7/h3,8H,2H2,1H3. The summed E-state index contributed by atoms with van der Waals surface area (Å²) in [6.07, 6.45) is -3.03. The molecule has 0 atom stereocenters. The highest BCUT2D eigenvalue weighted by molar-refractivity contribution is 6.31. The minimum atomic E-state index is -3.03. The monoisotopic (exact) mass is 253 g/mol. The number of pyridine rings is 1. The molecule has 1 aromatic heterocycles. The average Bonchev–Trinajstić information content (AvgIpc) is 2.15. The Kier molecular flexibility index (Phi) is 4.12. The Balaban J connectivity index is 3.29. The molecule has 0 saturated heterocycles.